The maximum atomic E-state index is 12.4. The standard InChI is InChI=1S/C75H132O5/c1-3-5-7-9-11-13-15-17-19-21-23-25-27-29-31-33-35-36-37-38-40-42-44-46-48-50-52-54-56-58-60-62-64-66-68-70-75(78)80-73(71-76)72-79-74(77)69-67-65-63-61-59-57-55-53-51-49-47-45-43-41-39-34-32-30-28-26-24-22-20-18-16-14-12-10-8-6-4-2/h5,7,11,13,17,19,22-25,29,31,35-36,38,40,73,76H,3-4,6,8-10,12,14-16,18,20-21,26-28,30,32-34,37,39,41-72H2,1-2H3/b7-5-,13-11-,19-17-,24-22-,25-23-,31-29-,36-35-,40-38-. The van der Waals surface area contributed by atoms with Crippen LogP contribution in [-0.4, -0.2) is 36.4 Å². The zero-order valence-electron chi connectivity index (χ0n) is 53.1. The van der Waals surface area contributed by atoms with E-state index in [0.29, 0.717) is 12.8 Å². The molecule has 0 aromatic carbocycles. The van der Waals surface area contributed by atoms with Crippen LogP contribution in [0.5, 0.6) is 0 Å². The topological polar surface area (TPSA) is 72.8 Å². The molecule has 0 aliphatic rings. The molecular weight excluding hydrogens is 981 g/mol. The van der Waals surface area contributed by atoms with E-state index in [1.165, 1.54) is 238 Å². The van der Waals surface area contributed by atoms with Crippen molar-refractivity contribution < 1.29 is 24.2 Å². The van der Waals surface area contributed by atoms with Crippen molar-refractivity contribution in [1.82, 2.24) is 0 Å². The average molecular weight is 1110 g/mol. The molecule has 0 heterocycles. The largest absolute Gasteiger partial charge is 0.462 e. The molecule has 0 amide bonds. The van der Waals surface area contributed by atoms with Gasteiger partial charge in [0.25, 0.3) is 0 Å². The van der Waals surface area contributed by atoms with Crippen molar-refractivity contribution in [3.8, 4) is 0 Å². The van der Waals surface area contributed by atoms with E-state index in [2.05, 4.69) is 111 Å². The SMILES string of the molecule is CC/C=C\C/C=C\C/C=C\C/C=C\C/C=C\C/C=C\C/C=C\CCCCCCCCCCCCCCCC(=O)OC(CO)COC(=O)CCCCCCCCCCCCCCCCCCCCC/C=C\CCCCCCCCCC. The molecule has 462 valence electrons. The molecular formula is C75H132O5. The van der Waals surface area contributed by atoms with Crippen LogP contribution in [0, 0.1) is 0 Å². The fourth-order valence-electron chi connectivity index (χ4n) is 10.2. The highest BCUT2D eigenvalue weighted by molar-refractivity contribution is 5.70. The van der Waals surface area contributed by atoms with Crippen molar-refractivity contribution in [3.05, 3.63) is 97.2 Å². The average Bonchev–Trinajstić information content (AvgIpc) is 3.46. The Kier molecular flexibility index (Phi) is 67.3. The van der Waals surface area contributed by atoms with Crippen LogP contribution in [-0.2, 0) is 19.1 Å². The molecule has 0 aliphatic heterocycles. The molecule has 0 rings (SSSR count). The lowest BCUT2D eigenvalue weighted by Crippen LogP contribution is -2.28. The van der Waals surface area contributed by atoms with E-state index in [-0.39, 0.29) is 25.2 Å². The molecule has 1 atom stereocenters. The third-order valence-electron chi connectivity index (χ3n) is 15.4. The van der Waals surface area contributed by atoms with Crippen LogP contribution in [0.2, 0.25) is 0 Å². The van der Waals surface area contributed by atoms with E-state index in [0.717, 1.165) is 83.5 Å². The van der Waals surface area contributed by atoms with Gasteiger partial charge in [-0.25, -0.2) is 0 Å². The number of aliphatic hydroxyl groups excluding tert-OH is 1. The first-order valence-electron chi connectivity index (χ1n) is 34.8. The lowest BCUT2D eigenvalue weighted by molar-refractivity contribution is -0.161. The summed E-state index contributed by atoms with van der Waals surface area (Å²) >= 11 is 0. The maximum absolute atomic E-state index is 12.4. The van der Waals surface area contributed by atoms with E-state index < -0.39 is 6.10 Å². The zero-order valence-corrected chi connectivity index (χ0v) is 53.1. The second-order valence-electron chi connectivity index (χ2n) is 23.2. The maximum Gasteiger partial charge on any atom is 0.306 e. The van der Waals surface area contributed by atoms with E-state index >= 15 is 0 Å². The molecule has 0 saturated carbocycles. The number of ether oxygens (including phenoxy) is 2. The summed E-state index contributed by atoms with van der Waals surface area (Å²) in [5.74, 6) is -0.579. The van der Waals surface area contributed by atoms with Gasteiger partial charge in [0.15, 0.2) is 6.10 Å². The van der Waals surface area contributed by atoms with Crippen LogP contribution in [0.4, 0.5) is 0 Å². The monoisotopic (exact) mass is 1110 g/mol. The van der Waals surface area contributed by atoms with Gasteiger partial charge < -0.3 is 14.6 Å². The summed E-state index contributed by atoms with van der Waals surface area (Å²) in [6.07, 6.45) is 100. The zero-order chi connectivity index (χ0) is 57.6. The van der Waals surface area contributed by atoms with Crippen molar-refractivity contribution in [2.24, 2.45) is 0 Å². The highest BCUT2D eigenvalue weighted by Gasteiger charge is 2.16. The van der Waals surface area contributed by atoms with Crippen molar-refractivity contribution in [3.63, 3.8) is 0 Å². The Bertz CT molecular complexity index is 1500. The van der Waals surface area contributed by atoms with Crippen molar-refractivity contribution >= 4 is 11.9 Å². The van der Waals surface area contributed by atoms with E-state index in [1.54, 1.807) is 0 Å². The summed E-state index contributed by atoms with van der Waals surface area (Å²) in [5.41, 5.74) is 0. The molecule has 0 bridgehead atoms. The first-order valence-corrected chi connectivity index (χ1v) is 34.8. The number of aliphatic hydroxyl groups is 1. The Labute approximate surface area is 498 Å². The quantitative estimate of drug-likeness (QED) is 0.0373. The Morgan fingerprint density at radius 3 is 0.825 bits per heavy atom. The fourth-order valence-corrected chi connectivity index (χ4v) is 10.2. The highest BCUT2D eigenvalue weighted by Crippen LogP contribution is 2.18. The summed E-state index contributed by atoms with van der Waals surface area (Å²) < 4.78 is 10.8. The van der Waals surface area contributed by atoms with E-state index in [9.17, 15) is 14.7 Å². The van der Waals surface area contributed by atoms with Gasteiger partial charge in [0, 0.05) is 12.8 Å². The lowest BCUT2D eigenvalue weighted by Gasteiger charge is -2.15. The number of allylic oxidation sites excluding steroid dienone is 16. The van der Waals surface area contributed by atoms with Gasteiger partial charge in [-0.3, -0.25) is 9.59 Å². The number of unbranched alkanes of at least 4 members (excludes halogenated alkanes) is 40. The molecule has 1 unspecified atom stereocenters. The van der Waals surface area contributed by atoms with Gasteiger partial charge >= 0.3 is 11.9 Å². The summed E-state index contributed by atoms with van der Waals surface area (Å²) in [5, 5.41) is 9.70. The van der Waals surface area contributed by atoms with Crippen LogP contribution in [0.3, 0.4) is 0 Å². The molecule has 0 spiro atoms. The van der Waals surface area contributed by atoms with Gasteiger partial charge in [-0.2, -0.15) is 0 Å². The second kappa shape index (κ2) is 70.1. The van der Waals surface area contributed by atoms with Crippen molar-refractivity contribution in [2.45, 2.75) is 354 Å². The van der Waals surface area contributed by atoms with Crippen LogP contribution in [0.1, 0.15) is 348 Å². The second-order valence-corrected chi connectivity index (χ2v) is 23.2. The van der Waals surface area contributed by atoms with Crippen molar-refractivity contribution in [1.29, 1.82) is 0 Å². The first-order chi connectivity index (χ1) is 39.6. The summed E-state index contributed by atoms with van der Waals surface area (Å²) in [7, 11) is 0. The smallest absolute Gasteiger partial charge is 0.306 e. The third-order valence-corrected chi connectivity index (χ3v) is 15.4. The molecule has 1 N–H and O–H groups in total. The number of hydrogen-bond acceptors (Lipinski definition) is 5. The molecule has 80 heavy (non-hydrogen) atoms. The minimum absolute atomic E-state index is 0.0659. The minimum Gasteiger partial charge on any atom is -0.462 e. The fraction of sp³-hybridized carbons (Fsp3) is 0.760. The van der Waals surface area contributed by atoms with Gasteiger partial charge in [-0.1, -0.05) is 336 Å². The van der Waals surface area contributed by atoms with E-state index in [1.807, 2.05) is 0 Å². The number of esters is 2. The molecule has 0 radical (unpaired) electrons. The third kappa shape index (κ3) is 67.3. The van der Waals surface area contributed by atoms with Crippen LogP contribution < -0.4 is 0 Å². The molecule has 0 aromatic rings. The number of rotatable bonds is 64. The van der Waals surface area contributed by atoms with Gasteiger partial charge in [0.2, 0.25) is 0 Å². The predicted octanol–water partition coefficient (Wildman–Crippen LogP) is 24.2. The molecule has 0 aromatic heterocycles. The molecule has 0 aliphatic carbocycles. The van der Waals surface area contributed by atoms with Crippen LogP contribution in [0.25, 0.3) is 0 Å². The number of carbonyl (C=O) groups excluding carboxylic acids is 2. The van der Waals surface area contributed by atoms with Crippen LogP contribution in [0.15, 0.2) is 97.2 Å². The van der Waals surface area contributed by atoms with Crippen molar-refractivity contribution in [2.75, 3.05) is 13.2 Å². The normalized spacial score (nSPS) is 12.8. The Balaban J connectivity index is 3.46. The van der Waals surface area contributed by atoms with Gasteiger partial charge in [0.05, 0.1) is 6.61 Å². The Hall–Kier alpha value is -3.18. The molecule has 0 saturated heterocycles. The van der Waals surface area contributed by atoms with Gasteiger partial charge in [0.1, 0.15) is 6.61 Å². The molecule has 5 nitrogen and oxygen atoms in total. The summed E-state index contributed by atoms with van der Waals surface area (Å²) in [4.78, 5) is 24.7. The first kappa shape index (κ1) is 76.8. The highest BCUT2D eigenvalue weighted by atomic mass is 16.6. The summed E-state index contributed by atoms with van der Waals surface area (Å²) in [6.45, 7) is 4.06. The molecule has 5 heteroatoms. The Morgan fingerprint density at radius 1 is 0.300 bits per heavy atom. The van der Waals surface area contributed by atoms with Gasteiger partial charge in [-0.05, 0) is 96.3 Å². The Morgan fingerprint density at radius 2 is 0.537 bits per heavy atom. The number of carbonyl (C=O) groups is 2. The summed E-state index contributed by atoms with van der Waals surface area (Å²) in [6, 6.07) is 0. The van der Waals surface area contributed by atoms with Gasteiger partial charge in [-0.15, -0.1) is 0 Å². The predicted molar refractivity (Wildman–Crippen MR) is 352 cm³/mol. The van der Waals surface area contributed by atoms with Crippen LogP contribution >= 0.6 is 0 Å². The lowest BCUT2D eigenvalue weighted by atomic mass is 10.0. The minimum atomic E-state index is -0.777. The van der Waals surface area contributed by atoms with E-state index in [4.69, 9.17) is 9.47 Å². The number of hydrogen-bond donors (Lipinski definition) is 1. The molecule has 0 fully saturated rings.